The predicted molar refractivity (Wildman–Crippen MR) is 81.9 cm³/mol. The summed E-state index contributed by atoms with van der Waals surface area (Å²) in [6.45, 7) is 6.13. The van der Waals surface area contributed by atoms with Gasteiger partial charge in [0.25, 0.3) is 0 Å². The molecular formula is C16H18FNS. The Labute approximate surface area is 117 Å². The number of likely N-dealkylation sites (N-methyl/N-ethyl adjacent to an activating group) is 1. The van der Waals surface area contributed by atoms with Gasteiger partial charge in [0.05, 0.1) is 0 Å². The van der Waals surface area contributed by atoms with E-state index in [0.717, 1.165) is 18.7 Å². The number of benzene rings is 1. The fourth-order valence-electron chi connectivity index (χ4n) is 1.82. The van der Waals surface area contributed by atoms with Crippen molar-refractivity contribution in [3.05, 3.63) is 52.7 Å². The molecule has 1 heterocycles. The summed E-state index contributed by atoms with van der Waals surface area (Å²) >= 11 is 1.73. The average molecular weight is 275 g/mol. The number of thiophene rings is 1. The Balaban J connectivity index is 2.12. The van der Waals surface area contributed by atoms with Crippen molar-refractivity contribution in [2.75, 3.05) is 13.1 Å². The molecule has 0 radical (unpaired) electrons. The minimum absolute atomic E-state index is 0.193. The van der Waals surface area contributed by atoms with Crippen LogP contribution < -0.4 is 5.32 Å². The molecule has 0 atom stereocenters. The molecule has 1 nitrogen and oxygen atoms in total. The van der Waals surface area contributed by atoms with E-state index in [9.17, 15) is 4.39 Å². The summed E-state index contributed by atoms with van der Waals surface area (Å²) in [6, 6.07) is 10.8. The van der Waals surface area contributed by atoms with Crippen molar-refractivity contribution >= 4 is 17.4 Å². The van der Waals surface area contributed by atoms with E-state index in [1.807, 2.05) is 12.1 Å². The van der Waals surface area contributed by atoms with E-state index in [1.54, 1.807) is 11.3 Å². The molecule has 3 heteroatoms. The van der Waals surface area contributed by atoms with Gasteiger partial charge in [0, 0.05) is 16.3 Å². The zero-order valence-electron chi connectivity index (χ0n) is 11.2. The zero-order chi connectivity index (χ0) is 13.7. The molecule has 0 fully saturated rings. The van der Waals surface area contributed by atoms with Crippen LogP contribution in [0, 0.1) is 5.82 Å². The lowest BCUT2D eigenvalue weighted by atomic mass is 10.2. The molecule has 2 rings (SSSR count). The maximum atomic E-state index is 12.9. The van der Waals surface area contributed by atoms with Crippen LogP contribution in [-0.2, 0) is 0 Å². The first kappa shape index (κ1) is 14.0. The third kappa shape index (κ3) is 4.01. The predicted octanol–water partition coefficient (Wildman–Crippen LogP) is 4.57. The van der Waals surface area contributed by atoms with Crippen LogP contribution in [0.5, 0.6) is 0 Å². The Morgan fingerprint density at radius 3 is 2.63 bits per heavy atom. The van der Waals surface area contributed by atoms with Crippen LogP contribution in [-0.4, -0.2) is 13.1 Å². The molecule has 100 valence electrons. The van der Waals surface area contributed by atoms with E-state index in [2.05, 4.69) is 37.4 Å². The summed E-state index contributed by atoms with van der Waals surface area (Å²) in [4.78, 5) is 2.40. The van der Waals surface area contributed by atoms with Gasteiger partial charge >= 0.3 is 0 Å². The van der Waals surface area contributed by atoms with Crippen molar-refractivity contribution in [1.29, 1.82) is 0 Å². The van der Waals surface area contributed by atoms with Crippen LogP contribution in [0.1, 0.15) is 18.7 Å². The number of hydrogen-bond acceptors (Lipinski definition) is 2. The van der Waals surface area contributed by atoms with Gasteiger partial charge < -0.3 is 5.32 Å². The summed E-state index contributed by atoms with van der Waals surface area (Å²) in [5.74, 6) is -0.193. The second-order valence-corrected chi connectivity index (χ2v) is 5.60. The highest BCUT2D eigenvalue weighted by Gasteiger charge is 2.02. The van der Waals surface area contributed by atoms with Gasteiger partial charge in [-0.15, -0.1) is 11.3 Å². The topological polar surface area (TPSA) is 12.0 Å². The Bertz CT molecular complexity index is 554. The van der Waals surface area contributed by atoms with Gasteiger partial charge in [-0.25, -0.2) is 4.39 Å². The van der Waals surface area contributed by atoms with Gasteiger partial charge in [0.1, 0.15) is 5.82 Å². The van der Waals surface area contributed by atoms with E-state index in [-0.39, 0.29) is 5.82 Å². The summed E-state index contributed by atoms with van der Waals surface area (Å²) < 4.78 is 12.9. The van der Waals surface area contributed by atoms with E-state index < -0.39 is 0 Å². The number of halogens is 1. The van der Waals surface area contributed by atoms with Crippen LogP contribution in [0.4, 0.5) is 4.39 Å². The van der Waals surface area contributed by atoms with E-state index in [4.69, 9.17) is 0 Å². The first-order valence-electron chi connectivity index (χ1n) is 6.42. The third-order valence-corrected chi connectivity index (χ3v) is 3.88. The van der Waals surface area contributed by atoms with Gasteiger partial charge in [-0.2, -0.15) is 0 Å². The average Bonchev–Trinajstić information content (AvgIpc) is 2.85. The number of rotatable bonds is 5. The molecule has 19 heavy (non-hydrogen) atoms. The lowest BCUT2D eigenvalue weighted by molar-refractivity contribution is 0.628. The molecule has 0 unspecified atom stereocenters. The highest BCUT2D eigenvalue weighted by molar-refractivity contribution is 7.16. The molecule has 0 aliphatic carbocycles. The smallest absolute Gasteiger partial charge is 0.123 e. The molecule has 1 N–H and O–H groups in total. The molecule has 0 saturated heterocycles. The Hall–Kier alpha value is -1.45. The minimum atomic E-state index is -0.193. The van der Waals surface area contributed by atoms with Gasteiger partial charge in [0.15, 0.2) is 0 Å². The maximum Gasteiger partial charge on any atom is 0.123 e. The van der Waals surface area contributed by atoms with Crippen LogP contribution in [0.3, 0.4) is 0 Å². The Morgan fingerprint density at radius 2 is 1.95 bits per heavy atom. The van der Waals surface area contributed by atoms with E-state index in [1.165, 1.54) is 27.5 Å². The quantitative estimate of drug-likeness (QED) is 0.843. The SMILES string of the molecule is CCNCC(C)=Cc1ccc(-c2ccc(F)cc2)s1. The summed E-state index contributed by atoms with van der Waals surface area (Å²) in [5.41, 5.74) is 2.38. The molecule has 0 bridgehead atoms. The molecule has 2 aromatic rings. The third-order valence-electron chi connectivity index (χ3n) is 2.80. The normalized spacial score (nSPS) is 11.8. The second kappa shape index (κ2) is 6.64. The van der Waals surface area contributed by atoms with Gasteiger partial charge in [0.2, 0.25) is 0 Å². The molecule has 0 aliphatic heterocycles. The van der Waals surface area contributed by atoms with Crippen LogP contribution >= 0.6 is 11.3 Å². The summed E-state index contributed by atoms with van der Waals surface area (Å²) in [5, 5.41) is 3.31. The number of hydrogen-bond donors (Lipinski definition) is 1. The minimum Gasteiger partial charge on any atom is -0.313 e. The molecule has 1 aromatic carbocycles. The highest BCUT2D eigenvalue weighted by Crippen LogP contribution is 2.29. The van der Waals surface area contributed by atoms with Crippen molar-refractivity contribution in [2.24, 2.45) is 0 Å². The van der Waals surface area contributed by atoms with Crippen LogP contribution in [0.15, 0.2) is 42.0 Å². The van der Waals surface area contributed by atoms with E-state index in [0.29, 0.717) is 0 Å². The van der Waals surface area contributed by atoms with Gasteiger partial charge in [-0.1, -0.05) is 24.6 Å². The Morgan fingerprint density at radius 1 is 1.21 bits per heavy atom. The van der Waals surface area contributed by atoms with Crippen molar-refractivity contribution in [3.63, 3.8) is 0 Å². The standard InChI is InChI=1S/C16H18FNS/c1-3-18-11-12(2)10-15-8-9-16(19-15)13-4-6-14(17)7-5-13/h4-10,18H,3,11H2,1-2H3. The fraction of sp³-hybridized carbons (Fsp3) is 0.250. The zero-order valence-corrected chi connectivity index (χ0v) is 12.1. The highest BCUT2D eigenvalue weighted by atomic mass is 32.1. The van der Waals surface area contributed by atoms with Crippen molar-refractivity contribution < 1.29 is 4.39 Å². The lowest BCUT2D eigenvalue weighted by Crippen LogP contribution is -2.14. The van der Waals surface area contributed by atoms with Crippen molar-refractivity contribution in [1.82, 2.24) is 5.32 Å². The van der Waals surface area contributed by atoms with Gasteiger partial charge in [-0.05, 0) is 49.4 Å². The monoisotopic (exact) mass is 275 g/mol. The summed E-state index contributed by atoms with van der Waals surface area (Å²) in [7, 11) is 0. The fourth-order valence-corrected chi connectivity index (χ4v) is 2.86. The number of nitrogens with one attached hydrogen (secondary N) is 1. The van der Waals surface area contributed by atoms with Gasteiger partial charge in [-0.3, -0.25) is 0 Å². The van der Waals surface area contributed by atoms with Crippen LogP contribution in [0.25, 0.3) is 16.5 Å². The first-order valence-corrected chi connectivity index (χ1v) is 7.24. The molecule has 0 aliphatic rings. The van der Waals surface area contributed by atoms with Crippen LogP contribution in [0.2, 0.25) is 0 Å². The molecule has 0 spiro atoms. The molecule has 0 amide bonds. The van der Waals surface area contributed by atoms with Crippen molar-refractivity contribution in [3.8, 4) is 10.4 Å². The van der Waals surface area contributed by atoms with Crippen molar-refractivity contribution in [2.45, 2.75) is 13.8 Å². The maximum absolute atomic E-state index is 12.9. The molecular weight excluding hydrogens is 257 g/mol. The van der Waals surface area contributed by atoms with E-state index >= 15 is 0 Å². The second-order valence-electron chi connectivity index (χ2n) is 4.48. The first-order chi connectivity index (χ1) is 9.19. The Kier molecular flexibility index (Phi) is 4.88. The molecule has 0 saturated carbocycles. The lowest BCUT2D eigenvalue weighted by Gasteiger charge is -2.00. The summed E-state index contributed by atoms with van der Waals surface area (Å²) in [6.07, 6.45) is 2.19. The molecule has 1 aromatic heterocycles. The largest absolute Gasteiger partial charge is 0.313 e.